The lowest BCUT2D eigenvalue weighted by atomic mass is 10.0. The lowest BCUT2D eigenvalue weighted by Crippen LogP contribution is -2.53. The third-order valence-corrected chi connectivity index (χ3v) is 5.95. The Morgan fingerprint density at radius 2 is 2.00 bits per heavy atom. The van der Waals surface area contributed by atoms with Gasteiger partial charge in [-0.1, -0.05) is 5.11 Å². The fraction of sp³-hybridized carbons (Fsp3) is 0.632. The maximum absolute atomic E-state index is 14.9. The largest absolute Gasteiger partial charge is 0.444 e. The van der Waals surface area contributed by atoms with E-state index in [0.717, 1.165) is 39.3 Å². The average molecular weight is 403 g/mol. The molecule has 4 rings (SSSR count). The number of hydrogen-bond donors (Lipinski definition) is 1. The van der Waals surface area contributed by atoms with Gasteiger partial charge in [-0.3, -0.25) is 9.80 Å². The van der Waals surface area contributed by atoms with Crippen molar-refractivity contribution in [3.63, 3.8) is 0 Å². The number of carbonyl (C=O) groups is 1. The topological polar surface area (TPSA) is 96.8 Å². The first-order valence-corrected chi connectivity index (χ1v) is 10.1. The normalized spacial score (nSPS) is 23.8. The minimum absolute atomic E-state index is 0.0701. The van der Waals surface area contributed by atoms with Gasteiger partial charge in [0.2, 0.25) is 0 Å². The lowest BCUT2D eigenvalue weighted by molar-refractivity contribution is 0.145. The summed E-state index contributed by atoms with van der Waals surface area (Å²) in [5.74, 6) is -0.343. The van der Waals surface area contributed by atoms with Crippen molar-refractivity contribution >= 4 is 17.5 Å². The Kier molecular flexibility index (Phi) is 6.03. The van der Waals surface area contributed by atoms with Crippen molar-refractivity contribution in [2.24, 2.45) is 5.11 Å². The highest BCUT2D eigenvalue weighted by Gasteiger charge is 2.33. The fourth-order valence-corrected chi connectivity index (χ4v) is 4.38. The molecule has 0 aromatic heterocycles. The minimum atomic E-state index is -0.550. The van der Waals surface area contributed by atoms with Gasteiger partial charge in [0.15, 0.2) is 0 Å². The Bertz CT molecular complexity index is 787. The Morgan fingerprint density at radius 3 is 2.69 bits per heavy atom. The van der Waals surface area contributed by atoms with Gasteiger partial charge < -0.3 is 15.0 Å². The summed E-state index contributed by atoms with van der Waals surface area (Å²) >= 11 is 0. The van der Waals surface area contributed by atoms with Crippen LogP contribution in [0.1, 0.15) is 12.8 Å². The van der Waals surface area contributed by atoms with E-state index in [1.165, 1.54) is 23.8 Å². The first-order chi connectivity index (χ1) is 14.2. The van der Waals surface area contributed by atoms with Gasteiger partial charge in [0.05, 0.1) is 24.5 Å². The number of hydrogen-bond acceptors (Lipinski definition) is 6. The van der Waals surface area contributed by atoms with Crippen molar-refractivity contribution in [2.45, 2.75) is 25.0 Å². The second-order valence-electron chi connectivity index (χ2n) is 7.67. The number of carbonyl (C=O) groups excluding carboxylic acids is 1. The predicted octanol–water partition coefficient (Wildman–Crippen LogP) is 2.34. The van der Waals surface area contributed by atoms with Crippen molar-refractivity contribution in [3.8, 4) is 0 Å². The highest BCUT2D eigenvalue weighted by Crippen LogP contribution is 2.29. The Morgan fingerprint density at radius 1 is 1.24 bits per heavy atom. The molecule has 3 aliphatic heterocycles. The van der Waals surface area contributed by atoms with E-state index in [2.05, 4.69) is 25.1 Å². The summed E-state index contributed by atoms with van der Waals surface area (Å²) in [5.41, 5.74) is 9.42. The van der Waals surface area contributed by atoms with Crippen molar-refractivity contribution in [3.05, 3.63) is 34.5 Å². The van der Waals surface area contributed by atoms with Crippen molar-refractivity contribution in [1.29, 1.82) is 0 Å². The summed E-state index contributed by atoms with van der Waals surface area (Å²) in [6, 6.07) is 5.49. The van der Waals surface area contributed by atoms with Crippen LogP contribution in [0.3, 0.4) is 0 Å². The molecule has 1 atom stereocenters. The molecule has 0 aliphatic carbocycles. The molecule has 156 valence electrons. The predicted molar refractivity (Wildman–Crippen MR) is 108 cm³/mol. The molecule has 3 fully saturated rings. The van der Waals surface area contributed by atoms with Gasteiger partial charge in [0.1, 0.15) is 11.9 Å². The molecule has 0 spiro atoms. The van der Waals surface area contributed by atoms with Crippen LogP contribution in [0.5, 0.6) is 0 Å². The first kappa shape index (κ1) is 19.8. The number of rotatable bonds is 5. The summed E-state index contributed by atoms with van der Waals surface area (Å²) in [6.07, 6.45) is 1.29. The SMILES string of the molecule is [N-]=[N+]=NC[C@H]1CN(c2ccc(N3CCN(C4CCNCC4)CC3)c(F)c2)C(=O)O1. The average Bonchev–Trinajstić information content (AvgIpc) is 3.13. The van der Waals surface area contributed by atoms with Gasteiger partial charge in [-0.2, -0.15) is 0 Å². The summed E-state index contributed by atoms with van der Waals surface area (Å²) in [5, 5.41) is 6.83. The molecule has 3 saturated heterocycles. The smallest absolute Gasteiger partial charge is 0.414 e. The summed E-state index contributed by atoms with van der Waals surface area (Å²) < 4.78 is 20.0. The molecule has 3 aliphatic rings. The van der Waals surface area contributed by atoms with E-state index in [4.69, 9.17) is 10.3 Å². The van der Waals surface area contributed by atoms with Crippen LogP contribution in [0.25, 0.3) is 10.4 Å². The molecule has 0 unspecified atom stereocenters. The van der Waals surface area contributed by atoms with E-state index in [9.17, 15) is 9.18 Å². The Labute approximate surface area is 169 Å². The fourth-order valence-electron chi connectivity index (χ4n) is 4.38. The van der Waals surface area contributed by atoms with E-state index >= 15 is 0 Å². The molecular formula is C19H26FN7O2. The third kappa shape index (κ3) is 4.39. The first-order valence-electron chi connectivity index (χ1n) is 10.1. The van der Waals surface area contributed by atoms with Crippen LogP contribution in [0.2, 0.25) is 0 Å². The van der Waals surface area contributed by atoms with Gasteiger partial charge >= 0.3 is 6.09 Å². The van der Waals surface area contributed by atoms with Gasteiger partial charge in [-0.05, 0) is 49.7 Å². The zero-order valence-corrected chi connectivity index (χ0v) is 16.3. The zero-order chi connectivity index (χ0) is 20.2. The van der Waals surface area contributed by atoms with E-state index in [1.807, 2.05) is 0 Å². The van der Waals surface area contributed by atoms with Gasteiger partial charge in [0.25, 0.3) is 0 Å². The molecule has 1 aromatic rings. The highest BCUT2D eigenvalue weighted by molar-refractivity contribution is 5.90. The van der Waals surface area contributed by atoms with Gasteiger partial charge in [-0.15, -0.1) is 0 Å². The Balaban J connectivity index is 1.38. The van der Waals surface area contributed by atoms with Crippen LogP contribution in [-0.2, 0) is 4.74 Å². The molecule has 9 nitrogen and oxygen atoms in total. The Hall–Kier alpha value is -2.55. The summed E-state index contributed by atoms with van der Waals surface area (Å²) in [4.78, 5) is 20.7. The van der Waals surface area contributed by atoms with Crippen LogP contribution < -0.4 is 15.1 Å². The maximum Gasteiger partial charge on any atom is 0.414 e. The number of azide groups is 1. The van der Waals surface area contributed by atoms with Gasteiger partial charge in [0, 0.05) is 37.1 Å². The number of amides is 1. The van der Waals surface area contributed by atoms with Gasteiger partial charge in [-0.25, -0.2) is 9.18 Å². The van der Waals surface area contributed by atoms with E-state index in [0.29, 0.717) is 17.4 Å². The van der Waals surface area contributed by atoms with Crippen molar-refractivity contribution in [2.75, 3.05) is 62.2 Å². The van der Waals surface area contributed by atoms with Crippen LogP contribution in [0.4, 0.5) is 20.6 Å². The number of piperidine rings is 1. The molecule has 1 amide bonds. The van der Waals surface area contributed by atoms with Crippen molar-refractivity contribution in [1.82, 2.24) is 10.2 Å². The molecule has 1 N–H and O–H groups in total. The van der Waals surface area contributed by atoms with Crippen LogP contribution in [-0.4, -0.2) is 75.5 Å². The number of nitrogens with one attached hydrogen (secondary N) is 1. The van der Waals surface area contributed by atoms with Crippen molar-refractivity contribution < 1.29 is 13.9 Å². The minimum Gasteiger partial charge on any atom is -0.444 e. The number of anilines is 2. The van der Waals surface area contributed by atoms with E-state index in [1.54, 1.807) is 12.1 Å². The number of ether oxygens (including phenoxy) is 1. The molecule has 0 radical (unpaired) electrons. The van der Waals surface area contributed by atoms with Crippen LogP contribution in [0.15, 0.2) is 23.3 Å². The highest BCUT2D eigenvalue weighted by atomic mass is 19.1. The number of piperazine rings is 1. The zero-order valence-electron chi connectivity index (χ0n) is 16.3. The number of benzene rings is 1. The standard InChI is InChI=1S/C19H26FN7O2/c20-17-11-15(27-13-16(12-23-24-21)29-19(27)28)1-2-18(17)26-9-7-25(8-10-26)14-3-5-22-6-4-14/h1-2,11,14,16,22H,3-10,12-13H2/t16-/m0/s1. The molecule has 1 aromatic carbocycles. The second kappa shape index (κ2) is 8.86. The number of halogens is 1. The summed E-state index contributed by atoms with van der Waals surface area (Å²) in [7, 11) is 0. The summed E-state index contributed by atoms with van der Waals surface area (Å²) in [6.45, 7) is 5.91. The van der Waals surface area contributed by atoms with E-state index in [-0.39, 0.29) is 18.9 Å². The quantitative estimate of drug-likeness (QED) is 0.462. The molecule has 0 saturated carbocycles. The molecule has 0 bridgehead atoms. The van der Waals surface area contributed by atoms with E-state index < -0.39 is 12.2 Å². The lowest BCUT2D eigenvalue weighted by Gasteiger charge is -2.41. The van der Waals surface area contributed by atoms with Crippen LogP contribution in [0, 0.1) is 5.82 Å². The number of nitrogens with zero attached hydrogens (tertiary/aromatic N) is 6. The molecule has 29 heavy (non-hydrogen) atoms. The maximum atomic E-state index is 14.9. The third-order valence-electron chi connectivity index (χ3n) is 5.95. The molecule has 3 heterocycles. The molecular weight excluding hydrogens is 377 g/mol. The second-order valence-corrected chi connectivity index (χ2v) is 7.67. The molecule has 10 heteroatoms. The monoisotopic (exact) mass is 403 g/mol. The van der Waals surface area contributed by atoms with Crippen LogP contribution >= 0.6 is 0 Å². The number of cyclic esters (lactones) is 1.